The smallest absolute Gasteiger partial charge is 0.230 e. The lowest BCUT2D eigenvalue weighted by Crippen LogP contribution is -2.32. The van der Waals surface area contributed by atoms with E-state index < -0.39 is 0 Å². The molecule has 2 nitrogen and oxygen atoms in total. The molecule has 3 heteroatoms. The molecule has 54 valence electrons. The van der Waals surface area contributed by atoms with Crippen LogP contribution >= 0.6 is 15.9 Å². The zero-order chi connectivity index (χ0) is 7.28. The van der Waals surface area contributed by atoms with Gasteiger partial charge < -0.3 is 5.32 Å². The van der Waals surface area contributed by atoms with E-state index in [0.717, 1.165) is 6.42 Å². The van der Waals surface area contributed by atoms with Gasteiger partial charge in [0, 0.05) is 6.04 Å². The molecule has 0 fully saturated rings. The van der Waals surface area contributed by atoms with Crippen molar-refractivity contribution in [2.75, 3.05) is 5.33 Å². The van der Waals surface area contributed by atoms with E-state index in [1.54, 1.807) is 0 Å². The lowest BCUT2D eigenvalue weighted by atomic mass is 10.3. The van der Waals surface area contributed by atoms with Crippen LogP contribution in [0.25, 0.3) is 0 Å². The monoisotopic (exact) mass is 193 g/mol. The topological polar surface area (TPSA) is 29.1 Å². The maximum atomic E-state index is 10.6. The number of halogens is 1. The van der Waals surface area contributed by atoms with Crippen LogP contribution in [0, 0.1) is 0 Å². The number of nitrogens with one attached hydrogen (secondary N) is 1. The van der Waals surface area contributed by atoms with Gasteiger partial charge in [-0.15, -0.1) is 0 Å². The molecule has 0 bridgehead atoms. The molecular weight excluding hydrogens is 182 g/mol. The van der Waals surface area contributed by atoms with Gasteiger partial charge in [-0.2, -0.15) is 0 Å². The Morgan fingerprint density at radius 3 is 2.67 bits per heavy atom. The maximum Gasteiger partial charge on any atom is 0.230 e. The first-order valence-electron chi connectivity index (χ1n) is 3.06. The molecule has 0 aromatic rings. The molecule has 0 aromatic carbocycles. The molecule has 9 heavy (non-hydrogen) atoms. The van der Waals surface area contributed by atoms with E-state index in [2.05, 4.69) is 21.2 Å². The van der Waals surface area contributed by atoms with Gasteiger partial charge in [-0.1, -0.05) is 22.9 Å². The van der Waals surface area contributed by atoms with Crippen LogP contribution in [0.1, 0.15) is 20.3 Å². The lowest BCUT2D eigenvalue weighted by Gasteiger charge is -2.08. The van der Waals surface area contributed by atoms with E-state index in [-0.39, 0.29) is 5.91 Å². The average Bonchev–Trinajstić information content (AvgIpc) is 1.87. The molecule has 0 aliphatic carbocycles. The fourth-order valence-corrected chi connectivity index (χ4v) is 0.577. The molecule has 1 N–H and O–H groups in total. The summed E-state index contributed by atoms with van der Waals surface area (Å²) in [5.41, 5.74) is 0. The summed E-state index contributed by atoms with van der Waals surface area (Å²) in [4.78, 5) is 10.6. The Morgan fingerprint density at radius 1 is 1.78 bits per heavy atom. The number of carbonyl (C=O) groups is 1. The maximum absolute atomic E-state index is 10.6. The highest BCUT2D eigenvalue weighted by Gasteiger charge is 2.01. The third-order valence-electron chi connectivity index (χ3n) is 1.14. The predicted octanol–water partition coefficient (Wildman–Crippen LogP) is 1.30. The zero-order valence-electron chi connectivity index (χ0n) is 5.78. The summed E-state index contributed by atoms with van der Waals surface area (Å²) < 4.78 is 0. The van der Waals surface area contributed by atoms with Crippen molar-refractivity contribution in [2.24, 2.45) is 0 Å². The van der Waals surface area contributed by atoms with Crippen molar-refractivity contribution in [1.82, 2.24) is 5.32 Å². The van der Waals surface area contributed by atoms with Gasteiger partial charge in [-0.3, -0.25) is 4.79 Å². The van der Waals surface area contributed by atoms with Gasteiger partial charge in [0.15, 0.2) is 0 Å². The van der Waals surface area contributed by atoms with E-state index in [4.69, 9.17) is 0 Å². The molecule has 0 spiro atoms. The fraction of sp³-hybridized carbons (Fsp3) is 0.833. The molecule has 0 aliphatic rings. The molecule has 0 saturated heterocycles. The van der Waals surface area contributed by atoms with Gasteiger partial charge in [0.25, 0.3) is 0 Å². The minimum Gasteiger partial charge on any atom is -0.353 e. The minimum atomic E-state index is 0.0596. The first-order chi connectivity index (χ1) is 4.20. The quantitative estimate of drug-likeness (QED) is 0.674. The van der Waals surface area contributed by atoms with E-state index in [1.807, 2.05) is 13.8 Å². The molecule has 0 aromatic heterocycles. The summed E-state index contributed by atoms with van der Waals surface area (Å²) in [6.45, 7) is 4.03. The molecule has 0 rings (SSSR count). The SMILES string of the molecule is CC[C@H](C)NC(=O)CBr. The van der Waals surface area contributed by atoms with Crippen LogP contribution in [-0.2, 0) is 4.79 Å². The van der Waals surface area contributed by atoms with Crippen molar-refractivity contribution in [2.45, 2.75) is 26.3 Å². The van der Waals surface area contributed by atoms with Crippen LogP contribution in [0.3, 0.4) is 0 Å². The summed E-state index contributed by atoms with van der Waals surface area (Å²) in [5.74, 6) is 0.0596. The first kappa shape index (κ1) is 8.95. The normalized spacial score (nSPS) is 12.8. The number of alkyl halides is 1. The number of carbonyl (C=O) groups excluding carboxylic acids is 1. The second kappa shape index (κ2) is 4.79. The van der Waals surface area contributed by atoms with Crippen molar-refractivity contribution in [3.05, 3.63) is 0 Å². The number of hydrogen-bond donors (Lipinski definition) is 1. The zero-order valence-corrected chi connectivity index (χ0v) is 7.36. The summed E-state index contributed by atoms with van der Waals surface area (Å²) in [6.07, 6.45) is 0.985. The Morgan fingerprint density at radius 2 is 2.33 bits per heavy atom. The summed E-state index contributed by atoms with van der Waals surface area (Å²) in [6, 6.07) is 0.301. The Labute approximate surface area is 64.1 Å². The average molecular weight is 194 g/mol. The Hall–Kier alpha value is -0.0500. The second-order valence-electron chi connectivity index (χ2n) is 2.01. The van der Waals surface area contributed by atoms with E-state index in [0.29, 0.717) is 11.4 Å². The van der Waals surface area contributed by atoms with Crippen LogP contribution in [-0.4, -0.2) is 17.3 Å². The van der Waals surface area contributed by atoms with Crippen LogP contribution in [0.15, 0.2) is 0 Å². The van der Waals surface area contributed by atoms with Gasteiger partial charge in [-0.05, 0) is 13.3 Å². The molecule has 0 saturated carbocycles. The first-order valence-corrected chi connectivity index (χ1v) is 4.18. The van der Waals surface area contributed by atoms with Crippen molar-refractivity contribution >= 4 is 21.8 Å². The van der Waals surface area contributed by atoms with Gasteiger partial charge in [0.2, 0.25) is 5.91 Å². The number of hydrogen-bond acceptors (Lipinski definition) is 1. The third kappa shape index (κ3) is 4.45. The molecule has 1 amide bonds. The standard InChI is InChI=1S/C6H12BrNO/c1-3-5(2)8-6(9)4-7/h5H,3-4H2,1-2H3,(H,8,9)/t5-/m0/s1. The Bertz CT molecular complexity index is 95.1. The highest BCUT2D eigenvalue weighted by atomic mass is 79.9. The highest BCUT2D eigenvalue weighted by molar-refractivity contribution is 9.09. The van der Waals surface area contributed by atoms with Crippen LogP contribution in [0.4, 0.5) is 0 Å². The molecule has 0 unspecified atom stereocenters. The van der Waals surface area contributed by atoms with Crippen molar-refractivity contribution in [1.29, 1.82) is 0 Å². The second-order valence-corrected chi connectivity index (χ2v) is 2.57. The van der Waals surface area contributed by atoms with E-state index in [1.165, 1.54) is 0 Å². The van der Waals surface area contributed by atoms with Gasteiger partial charge >= 0.3 is 0 Å². The van der Waals surface area contributed by atoms with Gasteiger partial charge in [0.1, 0.15) is 0 Å². The number of amides is 1. The summed E-state index contributed by atoms with van der Waals surface area (Å²) in [7, 11) is 0. The van der Waals surface area contributed by atoms with E-state index >= 15 is 0 Å². The third-order valence-corrected chi connectivity index (χ3v) is 1.65. The summed E-state index contributed by atoms with van der Waals surface area (Å²) >= 11 is 3.06. The molecule has 1 atom stereocenters. The van der Waals surface area contributed by atoms with E-state index in [9.17, 15) is 4.79 Å². The molecule has 0 heterocycles. The Balaban J connectivity index is 3.34. The molecule has 0 radical (unpaired) electrons. The summed E-state index contributed by atoms with van der Waals surface area (Å²) in [5, 5.41) is 3.19. The van der Waals surface area contributed by atoms with Gasteiger partial charge in [-0.25, -0.2) is 0 Å². The van der Waals surface area contributed by atoms with Crippen molar-refractivity contribution in [3.8, 4) is 0 Å². The van der Waals surface area contributed by atoms with Crippen LogP contribution in [0.2, 0.25) is 0 Å². The van der Waals surface area contributed by atoms with Crippen molar-refractivity contribution < 1.29 is 4.79 Å². The fourth-order valence-electron chi connectivity index (χ4n) is 0.415. The lowest BCUT2D eigenvalue weighted by molar-refractivity contribution is -0.119. The number of rotatable bonds is 3. The highest BCUT2D eigenvalue weighted by Crippen LogP contribution is 1.88. The van der Waals surface area contributed by atoms with Gasteiger partial charge in [0.05, 0.1) is 5.33 Å². The molecule has 0 aliphatic heterocycles. The predicted molar refractivity (Wildman–Crippen MR) is 41.7 cm³/mol. The molecular formula is C6H12BrNO. The van der Waals surface area contributed by atoms with Crippen LogP contribution < -0.4 is 5.32 Å². The minimum absolute atomic E-state index is 0.0596. The largest absolute Gasteiger partial charge is 0.353 e. The van der Waals surface area contributed by atoms with Crippen molar-refractivity contribution in [3.63, 3.8) is 0 Å². The van der Waals surface area contributed by atoms with Crippen LogP contribution in [0.5, 0.6) is 0 Å². The Kier molecular flexibility index (Phi) is 4.77.